The third-order valence-corrected chi connectivity index (χ3v) is 5.99. The van der Waals surface area contributed by atoms with E-state index in [-0.39, 0.29) is 18.1 Å². The van der Waals surface area contributed by atoms with Gasteiger partial charge < -0.3 is 10.2 Å². The van der Waals surface area contributed by atoms with Crippen molar-refractivity contribution >= 4 is 34.5 Å². The fraction of sp³-hybridized carbons (Fsp3) is 0.455. The minimum absolute atomic E-state index is 0.105. The van der Waals surface area contributed by atoms with Crippen LogP contribution in [0.5, 0.6) is 0 Å². The maximum atomic E-state index is 13.0. The highest BCUT2D eigenvalue weighted by molar-refractivity contribution is 7.99. The largest absolute Gasteiger partial charge is 0.356 e. The smallest absolute Gasteiger partial charge is 0.224 e. The predicted octanol–water partition coefficient (Wildman–Crippen LogP) is 3.43. The van der Waals surface area contributed by atoms with Crippen molar-refractivity contribution in [2.24, 2.45) is 0 Å². The second-order valence-corrected chi connectivity index (χ2v) is 9.49. The number of benzene rings is 1. The Hall–Kier alpha value is -2.68. The third-order valence-electron chi connectivity index (χ3n) is 5.13. The number of carbonyl (C=O) groups is 1. The first-order valence-corrected chi connectivity index (χ1v) is 11.5. The maximum absolute atomic E-state index is 13.0. The van der Waals surface area contributed by atoms with E-state index in [1.54, 1.807) is 23.9 Å². The number of carbonyl (C=O) groups excluding carboxylic acids is 1. The highest BCUT2D eigenvalue weighted by atomic mass is 32.2. The van der Waals surface area contributed by atoms with Crippen LogP contribution in [-0.4, -0.2) is 50.5 Å². The molecule has 0 radical (unpaired) electrons. The number of amides is 1. The molecular formula is C22H27FN6OS. The number of fused-ring (bicyclic) bond motifs is 1. The summed E-state index contributed by atoms with van der Waals surface area (Å²) in [6, 6.07) is 5.98. The van der Waals surface area contributed by atoms with Gasteiger partial charge in [0.1, 0.15) is 11.6 Å². The van der Waals surface area contributed by atoms with Crippen LogP contribution in [0.2, 0.25) is 0 Å². The Labute approximate surface area is 185 Å². The Morgan fingerprint density at radius 1 is 1.19 bits per heavy atom. The SMILES string of the molecule is CC(C)Sc1nc(N2CCCC2)c2cnn(CCNC(=O)Cc3ccc(F)cc3)c2n1. The maximum Gasteiger partial charge on any atom is 0.224 e. The normalized spacial score (nSPS) is 14.0. The quantitative estimate of drug-likeness (QED) is 0.426. The molecule has 3 heterocycles. The van der Waals surface area contributed by atoms with Gasteiger partial charge in [0.15, 0.2) is 10.8 Å². The van der Waals surface area contributed by atoms with Gasteiger partial charge in [-0.05, 0) is 30.5 Å². The summed E-state index contributed by atoms with van der Waals surface area (Å²) in [5.41, 5.74) is 1.58. The lowest BCUT2D eigenvalue weighted by Crippen LogP contribution is -2.29. The van der Waals surface area contributed by atoms with Crippen molar-refractivity contribution in [2.75, 3.05) is 24.5 Å². The highest BCUT2D eigenvalue weighted by Gasteiger charge is 2.21. The zero-order chi connectivity index (χ0) is 21.8. The molecule has 0 spiro atoms. The summed E-state index contributed by atoms with van der Waals surface area (Å²) >= 11 is 1.64. The second kappa shape index (κ2) is 9.64. The van der Waals surface area contributed by atoms with Gasteiger partial charge in [0.2, 0.25) is 5.91 Å². The molecule has 31 heavy (non-hydrogen) atoms. The fourth-order valence-corrected chi connectivity index (χ4v) is 4.37. The second-order valence-electron chi connectivity index (χ2n) is 7.95. The molecule has 2 aromatic heterocycles. The highest BCUT2D eigenvalue weighted by Crippen LogP contribution is 2.30. The molecule has 0 bridgehead atoms. The van der Waals surface area contributed by atoms with Gasteiger partial charge in [-0.15, -0.1) is 0 Å². The molecule has 3 aromatic rings. The first-order chi connectivity index (χ1) is 15.0. The molecule has 1 saturated heterocycles. The number of halogens is 1. The zero-order valence-corrected chi connectivity index (χ0v) is 18.7. The fourth-order valence-electron chi connectivity index (χ4n) is 3.67. The molecule has 4 rings (SSSR count). The van der Waals surface area contributed by atoms with Crippen LogP contribution in [0.25, 0.3) is 11.0 Å². The van der Waals surface area contributed by atoms with Crippen LogP contribution in [0.1, 0.15) is 32.3 Å². The van der Waals surface area contributed by atoms with Gasteiger partial charge in [-0.25, -0.2) is 19.0 Å². The topological polar surface area (TPSA) is 75.9 Å². The number of hydrogen-bond donors (Lipinski definition) is 1. The number of thioether (sulfide) groups is 1. The van der Waals surface area contributed by atoms with E-state index >= 15 is 0 Å². The summed E-state index contributed by atoms with van der Waals surface area (Å²) in [7, 11) is 0. The minimum Gasteiger partial charge on any atom is -0.356 e. The Morgan fingerprint density at radius 3 is 2.65 bits per heavy atom. The zero-order valence-electron chi connectivity index (χ0n) is 17.8. The van der Waals surface area contributed by atoms with Gasteiger partial charge in [-0.1, -0.05) is 37.7 Å². The molecule has 0 unspecified atom stereocenters. The Balaban J connectivity index is 1.46. The van der Waals surface area contributed by atoms with Crippen molar-refractivity contribution in [3.05, 3.63) is 41.8 Å². The lowest BCUT2D eigenvalue weighted by Gasteiger charge is -2.18. The molecule has 0 aliphatic carbocycles. The molecule has 1 N–H and O–H groups in total. The van der Waals surface area contributed by atoms with E-state index in [2.05, 4.69) is 29.2 Å². The van der Waals surface area contributed by atoms with Gasteiger partial charge in [-0.2, -0.15) is 5.10 Å². The van der Waals surface area contributed by atoms with Gasteiger partial charge >= 0.3 is 0 Å². The van der Waals surface area contributed by atoms with Gasteiger partial charge in [0, 0.05) is 24.9 Å². The molecule has 0 atom stereocenters. The number of nitrogens with zero attached hydrogens (tertiary/aromatic N) is 5. The van der Waals surface area contributed by atoms with Crippen molar-refractivity contribution in [3.8, 4) is 0 Å². The average Bonchev–Trinajstić information content (AvgIpc) is 3.39. The Kier molecular flexibility index (Phi) is 6.70. The number of hydrogen-bond acceptors (Lipinski definition) is 6. The van der Waals surface area contributed by atoms with Crippen LogP contribution in [0.4, 0.5) is 10.2 Å². The Bertz CT molecular complexity index is 1050. The van der Waals surface area contributed by atoms with Crippen LogP contribution < -0.4 is 10.2 Å². The first kappa shape index (κ1) is 21.5. The molecule has 1 amide bonds. The van der Waals surface area contributed by atoms with Gasteiger partial charge in [-0.3, -0.25) is 4.79 Å². The molecule has 0 saturated carbocycles. The van der Waals surface area contributed by atoms with Crippen LogP contribution >= 0.6 is 11.8 Å². The summed E-state index contributed by atoms with van der Waals surface area (Å²) in [6.07, 6.45) is 4.39. The standard InChI is InChI=1S/C22H27FN6OS/c1-15(2)31-22-26-20(28-10-3-4-11-28)18-14-25-29(21(18)27-22)12-9-24-19(30)13-16-5-7-17(23)8-6-16/h5-8,14-15H,3-4,9-13H2,1-2H3,(H,24,30). The lowest BCUT2D eigenvalue weighted by molar-refractivity contribution is -0.120. The molecule has 1 fully saturated rings. The van der Waals surface area contributed by atoms with Crippen molar-refractivity contribution in [3.63, 3.8) is 0 Å². The third kappa shape index (κ3) is 5.33. The Morgan fingerprint density at radius 2 is 1.94 bits per heavy atom. The number of rotatable bonds is 8. The van der Waals surface area contributed by atoms with E-state index in [1.807, 2.05) is 10.9 Å². The monoisotopic (exact) mass is 442 g/mol. The summed E-state index contributed by atoms with van der Waals surface area (Å²) in [5.74, 6) is 0.545. The number of anilines is 1. The van der Waals surface area contributed by atoms with E-state index < -0.39 is 0 Å². The molecule has 1 aliphatic heterocycles. The summed E-state index contributed by atoms with van der Waals surface area (Å²) < 4.78 is 14.8. The molecule has 1 aromatic carbocycles. The van der Waals surface area contributed by atoms with Crippen LogP contribution in [0.3, 0.4) is 0 Å². The van der Waals surface area contributed by atoms with Crippen molar-refractivity contribution < 1.29 is 9.18 Å². The summed E-state index contributed by atoms with van der Waals surface area (Å²) in [6.45, 7) is 7.21. The molecule has 9 heteroatoms. The number of nitrogens with one attached hydrogen (secondary N) is 1. The molecule has 1 aliphatic rings. The molecule has 164 valence electrons. The van der Waals surface area contributed by atoms with E-state index in [4.69, 9.17) is 9.97 Å². The molecular weight excluding hydrogens is 415 g/mol. The van der Waals surface area contributed by atoms with Crippen LogP contribution in [0, 0.1) is 5.82 Å². The van der Waals surface area contributed by atoms with Gasteiger partial charge in [0.05, 0.1) is 24.5 Å². The average molecular weight is 443 g/mol. The minimum atomic E-state index is -0.306. The predicted molar refractivity (Wildman–Crippen MR) is 121 cm³/mol. The van der Waals surface area contributed by atoms with E-state index in [1.165, 1.54) is 25.0 Å². The first-order valence-electron chi connectivity index (χ1n) is 10.7. The van der Waals surface area contributed by atoms with E-state index in [0.717, 1.165) is 40.7 Å². The lowest BCUT2D eigenvalue weighted by atomic mass is 10.1. The van der Waals surface area contributed by atoms with Gasteiger partial charge in [0.25, 0.3) is 0 Å². The van der Waals surface area contributed by atoms with Crippen molar-refractivity contribution in [2.45, 2.75) is 50.1 Å². The number of aromatic nitrogens is 4. The van der Waals surface area contributed by atoms with Crippen LogP contribution in [-0.2, 0) is 17.8 Å². The molecule has 7 nitrogen and oxygen atoms in total. The van der Waals surface area contributed by atoms with E-state index in [9.17, 15) is 9.18 Å². The summed E-state index contributed by atoms with van der Waals surface area (Å²) in [4.78, 5) is 24.1. The summed E-state index contributed by atoms with van der Waals surface area (Å²) in [5, 5.41) is 9.52. The van der Waals surface area contributed by atoms with Crippen molar-refractivity contribution in [1.82, 2.24) is 25.1 Å². The van der Waals surface area contributed by atoms with Crippen molar-refractivity contribution in [1.29, 1.82) is 0 Å². The van der Waals surface area contributed by atoms with Crippen LogP contribution in [0.15, 0.2) is 35.6 Å². The van der Waals surface area contributed by atoms with E-state index in [0.29, 0.717) is 18.3 Å².